The average molecular weight is 449 g/mol. The molecule has 1 aliphatic rings. The van der Waals surface area contributed by atoms with E-state index in [0.717, 1.165) is 0 Å². The van der Waals surface area contributed by atoms with Crippen LogP contribution in [0.5, 0.6) is 0 Å². The molecule has 1 atom stereocenters. The van der Waals surface area contributed by atoms with Gasteiger partial charge in [0.1, 0.15) is 18.2 Å². The highest BCUT2D eigenvalue weighted by Gasteiger charge is 2.28. The number of hydrogen-bond acceptors (Lipinski definition) is 8. The summed E-state index contributed by atoms with van der Waals surface area (Å²) >= 11 is 0. The van der Waals surface area contributed by atoms with Gasteiger partial charge in [-0.05, 0) is 58.2 Å². The van der Waals surface area contributed by atoms with E-state index in [1.54, 1.807) is 56.9 Å². The van der Waals surface area contributed by atoms with Crippen molar-refractivity contribution in [3.05, 3.63) is 35.4 Å². The van der Waals surface area contributed by atoms with Crippen LogP contribution in [0.3, 0.4) is 0 Å². The van der Waals surface area contributed by atoms with Crippen LogP contribution in [-0.4, -0.2) is 66.3 Å². The Hall–Kier alpha value is -2.98. The number of esters is 1. The number of amides is 2. The number of nitrogens with zero attached hydrogens (tertiary/aromatic N) is 2. The molecule has 0 spiro atoms. The molecule has 0 aromatic heterocycles. The van der Waals surface area contributed by atoms with E-state index >= 15 is 0 Å². The molecule has 10 heteroatoms. The van der Waals surface area contributed by atoms with E-state index in [4.69, 9.17) is 15.4 Å². The Morgan fingerprint density at radius 1 is 1.22 bits per heavy atom. The number of carbonyl (C=O) groups is 3. The maximum Gasteiger partial charge on any atom is 0.332 e. The molecule has 10 nitrogen and oxygen atoms in total. The molecule has 1 aromatic rings. The molecule has 0 bridgehead atoms. The smallest absolute Gasteiger partial charge is 0.332 e. The van der Waals surface area contributed by atoms with E-state index < -0.39 is 17.6 Å². The van der Waals surface area contributed by atoms with Gasteiger partial charge in [0, 0.05) is 18.7 Å². The lowest BCUT2D eigenvalue weighted by Crippen LogP contribution is -2.50. The van der Waals surface area contributed by atoms with Crippen molar-refractivity contribution in [3.8, 4) is 0 Å². The van der Waals surface area contributed by atoms with Gasteiger partial charge in [-0.2, -0.15) is 0 Å². The van der Waals surface area contributed by atoms with Gasteiger partial charge in [0.2, 0.25) is 5.91 Å². The number of piperidine rings is 1. The first-order valence-electron chi connectivity index (χ1n) is 10.5. The molecule has 1 fully saturated rings. The maximum absolute atomic E-state index is 12.7. The third kappa shape index (κ3) is 8.27. The monoisotopic (exact) mass is 448 g/mol. The Morgan fingerprint density at radius 2 is 1.84 bits per heavy atom. The largest absolute Gasteiger partial charge is 0.458 e. The zero-order valence-electron chi connectivity index (χ0n) is 19.0. The second kappa shape index (κ2) is 11.6. The van der Waals surface area contributed by atoms with Gasteiger partial charge in [-0.1, -0.05) is 17.3 Å². The predicted octanol–water partition coefficient (Wildman–Crippen LogP) is 1.38. The standard InChI is InChI=1S/C22H32N4O6/c1-15(25-20(28)17-7-5-16(6-8-17)13-24-32-23)21(29)26-11-9-18(10-12-26)30-14-19(27)31-22(2,3)4/h5-8,13,15,18H,9-12,14,23H2,1-4H3,(H,25,28)/t15-/m0/s1. The van der Waals surface area contributed by atoms with Crippen molar-refractivity contribution in [2.24, 2.45) is 11.1 Å². The molecule has 0 radical (unpaired) electrons. The van der Waals surface area contributed by atoms with Gasteiger partial charge in [0.05, 0.1) is 12.3 Å². The fourth-order valence-corrected chi connectivity index (χ4v) is 3.23. The van der Waals surface area contributed by atoms with E-state index in [-0.39, 0.29) is 24.5 Å². The zero-order chi connectivity index (χ0) is 23.7. The highest BCUT2D eigenvalue weighted by molar-refractivity contribution is 5.98. The molecule has 176 valence electrons. The molecule has 1 aromatic carbocycles. The molecule has 1 heterocycles. The van der Waals surface area contributed by atoms with Crippen molar-refractivity contribution < 1.29 is 28.8 Å². The summed E-state index contributed by atoms with van der Waals surface area (Å²) in [5.74, 6) is 3.92. The second-order valence-corrected chi connectivity index (χ2v) is 8.58. The van der Waals surface area contributed by atoms with Crippen molar-refractivity contribution in [2.75, 3.05) is 19.7 Å². The molecule has 1 aliphatic heterocycles. The topological polar surface area (TPSA) is 133 Å². The fourth-order valence-electron chi connectivity index (χ4n) is 3.23. The van der Waals surface area contributed by atoms with Crippen LogP contribution in [0.2, 0.25) is 0 Å². The van der Waals surface area contributed by atoms with Crippen LogP contribution in [0.4, 0.5) is 0 Å². The van der Waals surface area contributed by atoms with Crippen LogP contribution >= 0.6 is 0 Å². The predicted molar refractivity (Wildman–Crippen MR) is 118 cm³/mol. The van der Waals surface area contributed by atoms with Crippen molar-refractivity contribution in [2.45, 2.75) is 58.3 Å². The van der Waals surface area contributed by atoms with E-state index in [2.05, 4.69) is 15.4 Å². The quantitative estimate of drug-likeness (QED) is 0.349. The molecule has 1 saturated heterocycles. The number of nitrogens with one attached hydrogen (secondary N) is 1. The van der Waals surface area contributed by atoms with E-state index in [0.29, 0.717) is 37.1 Å². The molecule has 0 aliphatic carbocycles. The first-order chi connectivity index (χ1) is 15.1. The van der Waals surface area contributed by atoms with E-state index in [1.165, 1.54) is 6.21 Å². The van der Waals surface area contributed by atoms with Crippen LogP contribution in [0.15, 0.2) is 29.4 Å². The van der Waals surface area contributed by atoms with Crippen molar-refractivity contribution in [3.63, 3.8) is 0 Å². The summed E-state index contributed by atoms with van der Waals surface area (Å²) in [5, 5.41) is 6.18. The Bertz CT molecular complexity index is 811. The fraction of sp³-hybridized carbons (Fsp3) is 0.545. The van der Waals surface area contributed by atoms with Gasteiger partial charge in [0.15, 0.2) is 0 Å². The molecule has 0 unspecified atom stereocenters. The van der Waals surface area contributed by atoms with Crippen LogP contribution < -0.4 is 11.2 Å². The molecule has 2 rings (SSSR count). The summed E-state index contributed by atoms with van der Waals surface area (Å²) in [6.07, 6.45) is 2.53. The lowest BCUT2D eigenvalue weighted by atomic mass is 10.1. The number of nitrogens with two attached hydrogens (primary N) is 1. The molecular weight excluding hydrogens is 416 g/mol. The summed E-state index contributed by atoms with van der Waals surface area (Å²) in [6.45, 7) is 7.95. The second-order valence-electron chi connectivity index (χ2n) is 8.58. The zero-order valence-corrected chi connectivity index (χ0v) is 19.0. The molecule has 32 heavy (non-hydrogen) atoms. The third-order valence-electron chi connectivity index (χ3n) is 4.76. The van der Waals surface area contributed by atoms with Gasteiger partial charge < -0.3 is 24.6 Å². The number of hydrogen-bond donors (Lipinski definition) is 2. The third-order valence-corrected chi connectivity index (χ3v) is 4.76. The first-order valence-corrected chi connectivity index (χ1v) is 10.5. The summed E-state index contributed by atoms with van der Waals surface area (Å²) in [6, 6.07) is 5.95. The molecule has 0 saturated carbocycles. The van der Waals surface area contributed by atoms with Crippen LogP contribution in [0, 0.1) is 0 Å². The highest BCUT2D eigenvalue weighted by atomic mass is 16.7. The Balaban J connectivity index is 1.77. The maximum atomic E-state index is 12.7. The minimum absolute atomic E-state index is 0.105. The number of ether oxygens (including phenoxy) is 2. The van der Waals surface area contributed by atoms with Crippen LogP contribution in [0.25, 0.3) is 0 Å². The van der Waals surface area contributed by atoms with Gasteiger partial charge in [-0.15, -0.1) is 5.90 Å². The van der Waals surface area contributed by atoms with Crippen molar-refractivity contribution in [1.82, 2.24) is 10.2 Å². The minimum Gasteiger partial charge on any atom is -0.458 e. The molecule has 2 amide bonds. The Kier molecular flexibility index (Phi) is 9.15. The molecular formula is C22H32N4O6. The Morgan fingerprint density at radius 3 is 2.41 bits per heavy atom. The summed E-state index contributed by atoms with van der Waals surface area (Å²) in [7, 11) is 0. The van der Waals surface area contributed by atoms with Crippen molar-refractivity contribution in [1.29, 1.82) is 0 Å². The SMILES string of the molecule is C[C@H](NC(=O)c1ccc(C=NON)cc1)C(=O)N1CCC(OCC(=O)OC(C)(C)C)CC1. The van der Waals surface area contributed by atoms with Crippen molar-refractivity contribution >= 4 is 24.0 Å². The van der Waals surface area contributed by atoms with Gasteiger partial charge in [0.25, 0.3) is 5.91 Å². The molecule has 3 N–H and O–H groups in total. The number of oxime groups is 1. The first kappa shape index (κ1) is 25.3. The van der Waals surface area contributed by atoms with Gasteiger partial charge in [-0.25, -0.2) is 4.79 Å². The van der Waals surface area contributed by atoms with Crippen LogP contribution in [0.1, 0.15) is 56.5 Å². The van der Waals surface area contributed by atoms with E-state index in [1.807, 2.05) is 0 Å². The van der Waals surface area contributed by atoms with Crippen LogP contribution in [-0.2, 0) is 24.0 Å². The normalized spacial score (nSPS) is 16.0. The van der Waals surface area contributed by atoms with Gasteiger partial charge in [-0.3, -0.25) is 9.59 Å². The average Bonchev–Trinajstić information content (AvgIpc) is 2.75. The minimum atomic E-state index is -0.673. The summed E-state index contributed by atoms with van der Waals surface area (Å²) in [5.41, 5.74) is 0.588. The highest BCUT2D eigenvalue weighted by Crippen LogP contribution is 2.16. The van der Waals surface area contributed by atoms with E-state index in [9.17, 15) is 14.4 Å². The number of rotatable bonds is 8. The summed E-state index contributed by atoms with van der Waals surface area (Å²) in [4.78, 5) is 42.8. The lowest BCUT2D eigenvalue weighted by molar-refractivity contribution is -0.163. The number of carbonyl (C=O) groups excluding carboxylic acids is 3. The lowest BCUT2D eigenvalue weighted by Gasteiger charge is -2.33. The number of likely N-dealkylation sites (tertiary alicyclic amines) is 1. The Labute approximate surface area is 188 Å². The summed E-state index contributed by atoms with van der Waals surface area (Å²) < 4.78 is 10.9. The van der Waals surface area contributed by atoms with Gasteiger partial charge >= 0.3 is 5.97 Å². The number of benzene rings is 1.